The van der Waals surface area contributed by atoms with E-state index in [1.807, 2.05) is 0 Å². The third kappa shape index (κ3) is 5.96. The van der Waals surface area contributed by atoms with Gasteiger partial charge in [-0.1, -0.05) is 23.8 Å². The molecule has 0 spiro atoms. The van der Waals surface area contributed by atoms with Crippen LogP contribution in [-0.2, 0) is 9.47 Å². The molecule has 0 saturated carbocycles. The van der Waals surface area contributed by atoms with Crippen molar-refractivity contribution in [2.24, 2.45) is 4.99 Å². The van der Waals surface area contributed by atoms with Gasteiger partial charge >= 0.3 is 0 Å². The standard InChI is InChI=1S/C25H40N4O2.HI/c1-4-26-24(27-19-25(9-14-30-15-10-25)29-11-5-6-12-29)28-13-16-31-23(18-28)22-8-7-20(2)17-21(22)3;/h7-8,17,23H,4-6,9-16,18-19H2,1-3H3,(H,26,27);1H. The van der Waals surface area contributed by atoms with E-state index in [1.54, 1.807) is 0 Å². The topological polar surface area (TPSA) is 49.3 Å². The molecule has 1 unspecified atom stereocenters. The molecule has 4 rings (SSSR count). The van der Waals surface area contributed by atoms with Crippen molar-refractivity contribution in [1.29, 1.82) is 0 Å². The van der Waals surface area contributed by atoms with Crippen LogP contribution in [0.4, 0.5) is 0 Å². The molecular weight excluding hydrogens is 515 g/mol. The van der Waals surface area contributed by atoms with Gasteiger partial charge in [-0.05, 0) is 70.7 Å². The minimum atomic E-state index is 0. The van der Waals surface area contributed by atoms with Gasteiger partial charge in [0.15, 0.2) is 5.96 Å². The summed E-state index contributed by atoms with van der Waals surface area (Å²) in [6.07, 6.45) is 4.89. The van der Waals surface area contributed by atoms with Crippen molar-refractivity contribution in [1.82, 2.24) is 15.1 Å². The molecule has 3 fully saturated rings. The van der Waals surface area contributed by atoms with Crippen LogP contribution in [0.1, 0.15) is 55.4 Å². The van der Waals surface area contributed by atoms with E-state index < -0.39 is 0 Å². The molecule has 1 atom stereocenters. The Labute approximate surface area is 211 Å². The Morgan fingerprint density at radius 1 is 1.12 bits per heavy atom. The fourth-order valence-electron chi connectivity index (χ4n) is 5.38. The van der Waals surface area contributed by atoms with Crippen molar-refractivity contribution in [2.45, 2.75) is 58.1 Å². The van der Waals surface area contributed by atoms with E-state index in [1.165, 1.54) is 42.6 Å². The minimum absolute atomic E-state index is 0. The number of hydrogen-bond acceptors (Lipinski definition) is 4. The number of hydrogen-bond donors (Lipinski definition) is 1. The summed E-state index contributed by atoms with van der Waals surface area (Å²) in [5.74, 6) is 1.03. The highest BCUT2D eigenvalue weighted by Gasteiger charge is 2.40. The second kappa shape index (κ2) is 12.0. The molecule has 3 aliphatic heterocycles. The molecule has 3 aliphatic rings. The van der Waals surface area contributed by atoms with Crippen molar-refractivity contribution in [3.8, 4) is 0 Å². The molecule has 1 aromatic carbocycles. The lowest BCUT2D eigenvalue weighted by Gasteiger charge is -2.44. The zero-order valence-corrected chi connectivity index (χ0v) is 22.4. The molecule has 0 amide bonds. The fourth-order valence-corrected chi connectivity index (χ4v) is 5.38. The Hall–Kier alpha value is -0.900. The van der Waals surface area contributed by atoms with Crippen LogP contribution in [0.15, 0.2) is 23.2 Å². The number of morpholine rings is 1. The second-order valence-corrected chi connectivity index (χ2v) is 9.37. The van der Waals surface area contributed by atoms with E-state index in [4.69, 9.17) is 14.5 Å². The normalized spacial score (nSPS) is 24.3. The first-order valence-corrected chi connectivity index (χ1v) is 12.2. The van der Waals surface area contributed by atoms with Gasteiger partial charge < -0.3 is 19.7 Å². The van der Waals surface area contributed by atoms with Gasteiger partial charge in [0.25, 0.3) is 0 Å². The summed E-state index contributed by atoms with van der Waals surface area (Å²) < 4.78 is 11.9. The molecule has 180 valence electrons. The van der Waals surface area contributed by atoms with Crippen molar-refractivity contribution in [3.05, 3.63) is 34.9 Å². The van der Waals surface area contributed by atoms with Gasteiger partial charge in [-0.2, -0.15) is 0 Å². The molecule has 0 aromatic heterocycles. The zero-order valence-electron chi connectivity index (χ0n) is 20.1. The van der Waals surface area contributed by atoms with E-state index in [2.05, 4.69) is 54.1 Å². The monoisotopic (exact) mass is 556 g/mol. The predicted molar refractivity (Wildman–Crippen MR) is 141 cm³/mol. The van der Waals surface area contributed by atoms with Crippen LogP contribution in [0.2, 0.25) is 0 Å². The van der Waals surface area contributed by atoms with Crippen molar-refractivity contribution in [2.75, 3.05) is 59.1 Å². The summed E-state index contributed by atoms with van der Waals surface area (Å²) in [5, 5.41) is 3.57. The van der Waals surface area contributed by atoms with E-state index in [-0.39, 0.29) is 35.6 Å². The molecule has 3 heterocycles. The molecule has 1 aromatic rings. The summed E-state index contributed by atoms with van der Waals surface area (Å²) in [7, 11) is 0. The van der Waals surface area contributed by atoms with E-state index in [0.29, 0.717) is 0 Å². The predicted octanol–water partition coefficient (Wildman–Crippen LogP) is 3.91. The second-order valence-electron chi connectivity index (χ2n) is 9.37. The molecule has 32 heavy (non-hydrogen) atoms. The number of likely N-dealkylation sites (tertiary alicyclic amines) is 1. The molecule has 1 N–H and O–H groups in total. The van der Waals surface area contributed by atoms with Gasteiger partial charge in [-0.3, -0.25) is 9.89 Å². The number of nitrogens with zero attached hydrogens (tertiary/aromatic N) is 3. The summed E-state index contributed by atoms with van der Waals surface area (Å²) in [5.41, 5.74) is 4.06. The Bertz CT molecular complexity index is 760. The maximum absolute atomic E-state index is 6.19. The maximum atomic E-state index is 6.19. The number of nitrogens with one attached hydrogen (secondary N) is 1. The van der Waals surface area contributed by atoms with Crippen LogP contribution in [0.25, 0.3) is 0 Å². The number of aliphatic imine (C=N–C) groups is 1. The number of ether oxygens (including phenoxy) is 2. The first kappa shape index (κ1) is 25.7. The number of guanidine groups is 1. The molecule has 7 heteroatoms. The summed E-state index contributed by atoms with van der Waals surface area (Å²) in [4.78, 5) is 10.3. The average Bonchev–Trinajstić information content (AvgIpc) is 3.33. The number of halogens is 1. The van der Waals surface area contributed by atoms with Gasteiger partial charge in [0, 0.05) is 31.8 Å². The van der Waals surface area contributed by atoms with Gasteiger partial charge in [-0.25, -0.2) is 0 Å². The SMILES string of the molecule is CCNC(=NCC1(N2CCCC2)CCOCC1)N1CCOC(c2ccc(C)cc2C)C1.I. The summed E-state index contributed by atoms with van der Waals surface area (Å²) >= 11 is 0. The Morgan fingerprint density at radius 2 is 1.88 bits per heavy atom. The van der Waals surface area contributed by atoms with Crippen LogP contribution < -0.4 is 5.32 Å². The number of benzene rings is 1. The number of aryl methyl sites for hydroxylation is 2. The summed E-state index contributed by atoms with van der Waals surface area (Å²) in [6, 6.07) is 6.67. The van der Waals surface area contributed by atoms with Gasteiger partial charge in [0.2, 0.25) is 0 Å². The van der Waals surface area contributed by atoms with Gasteiger partial charge in [-0.15, -0.1) is 24.0 Å². The molecule has 0 aliphatic carbocycles. The highest BCUT2D eigenvalue weighted by Crippen LogP contribution is 2.32. The highest BCUT2D eigenvalue weighted by atomic mass is 127. The quantitative estimate of drug-likeness (QED) is 0.339. The minimum Gasteiger partial charge on any atom is -0.381 e. The molecule has 6 nitrogen and oxygen atoms in total. The lowest BCUT2D eigenvalue weighted by molar-refractivity contribution is -0.0156. The van der Waals surface area contributed by atoms with Crippen molar-refractivity contribution in [3.63, 3.8) is 0 Å². The zero-order chi connectivity index (χ0) is 21.7. The highest BCUT2D eigenvalue weighted by molar-refractivity contribution is 14.0. The van der Waals surface area contributed by atoms with Crippen molar-refractivity contribution < 1.29 is 9.47 Å². The first-order chi connectivity index (χ1) is 15.1. The third-order valence-corrected chi connectivity index (χ3v) is 7.20. The maximum Gasteiger partial charge on any atom is 0.194 e. The van der Waals surface area contributed by atoms with Crippen LogP contribution in [-0.4, -0.2) is 80.4 Å². The number of rotatable bonds is 5. The van der Waals surface area contributed by atoms with Crippen LogP contribution >= 0.6 is 24.0 Å². The lowest BCUT2D eigenvalue weighted by Crippen LogP contribution is -2.54. The smallest absolute Gasteiger partial charge is 0.194 e. The van der Waals surface area contributed by atoms with E-state index in [9.17, 15) is 0 Å². The third-order valence-electron chi connectivity index (χ3n) is 7.20. The fraction of sp³-hybridized carbons (Fsp3) is 0.720. The van der Waals surface area contributed by atoms with Crippen LogP contribution in [0, 0.1) is 13.8 Å². The lowest BCUT2D eigenvalue weighted by atomic mass is 9.88. The van der Waals surface area contributed by atoms with Crippen molar-refractivity contribution >= 4 is 29.9 Å². The van der Waals surface area contributed by atoms with Gasteiger partial charge in [0.1, 0.15) is 6.10 Å². The Kier molecular flexibility index (Phi) is 9.64. The van der Waals surface area contributed by atoms with E-state index in [0.717, 1.165) is 64.8 Å². The Morgan fingerprint density at radius 3 is 2.56 bits per heavy atom. The van der Waals surface area contributed by atoms with Gasteiger partial charge in [0.05, 0.1) is 19.7 Å². The summed E-state index contributed by atoms with van der Waals surface area (Å²) in [6.45, 7) is 14.8. The molecule has 0 bridgehead atoms. The molecule has 0 radical (unpaired) electrons. The van der Waals surface area contributed by atoms with Crippen LogP contribution in [0.5, 0.6) is 0 Å². The Balaban J connectivity index is 0.00000289. The first-order valence-electron chi connectivity index (χ1n) is 12.2. The largest absolute Gasteiger partial charge is 0.381 e. The van der Waals surface area contributed by atoms with E-state index >= 15 is 0 Å². The molecular formula is C25H41IN4O2. The molecule has 3 saturated heterocycles. The van der Waals surface area contributed by atoms with Crippen LogP contribution in [0.3, 0.4) is 0 Å². The average molecular weight is 557 g/mol.